The van der Waals surface area contributed by atoms with Crippen LogP contribution < -0.4 is 0 Å². The predicted molar refractivity (Wildman–Crippen MR) is 62.0 cm³/mol. The maximum Gasteiger partial charge on any atom is 0.0925 e. The molecule has 0 N–H and O–H groups in total. The number of hydrogen-bond donors (Lipinski definition) is 0. The molecule has 1 atom stereocenters. The second kappa shape index (κ2) is 5.13. The molecule has 78 valence electrons. The van der Waals surface area contributed by atoms with Crippen LogP contribution in [0.3, 0.4) is 0 Å². The van der Waals surface area contributed by atoms with Gasteiger partial charge in [0.15, 0.2) is 0 Å². The maximum atomic E-state index is 6.38. The molecule has 0 amide bonds. The van der Waals surface area contributed by atoms with Crippen molar-refractivity contribution in [2.45, 2.75) is 43.9 Å². The van der Waals surface area contributed by atoms with Gasteiger partial charge >= 0.3 is 0 Å². The van der Waals surface area contributed by atoms with Crippen molar-refractivity contribution in [1.29, 1.82) is 0 Å². The highest BCUT2D eigenvalue weighted by Gasteiger charge is 2.22. The fraction of sp³-hybridized carbons (Fsp3) is 0.727. The quantitative estimate of drug-likeness (QED) is 0.715. The van der Waals surface area contributed by atoms with Gasteiger partial charge in [-0.2, -0.15) is 0 Å². The third-order valence-corrected chi connectivity index (χ3v) is 4.44. The lowest BCUT2D eigenvalue weighted by molar-refractivity contribution is 0.492. The van der Waals surface area contributed by atoms with E-state index in [1.54, 1.807) is 11.3 Å². The SMILES string of the molecule is ClC(CCc1nccs1)C1CCCC1. The van der Waals surface area contributed by atoms with Crippen LogP contribution in [0.15, 0.2) is 11.6 Å². The van der Waals surface area contributed by atoms with Crippen molar-refractivity contribution in [3.8, 4) is 0 Å². The first-order valence-corrected chi connectivity index (χ1v) is 6.70. The molecule has 3 heteroatoms. The van der Waals surface area contributed by atoms with Crippen LogP contribution in [0, 0.1) is 5.92 Å². The first-order valence-electron chi connectivity index (χ1n) is 5.38. The molecular formula is C11H16ClNS. The van der Waals surface area contributed by atoms with E-state index in [9.17, 15) is 0 Å². The van der Waals surface area contributed by atoms with Crippen molar-refractivity contribution in [1.82, 2.24) is 4.98 Å². The van der Waals surface area contributed by atoms with Crippen LogP contribution >= 0.6 is 22.9 Å². The number of halogens is 1. The minimum Gasteiger partial charge on any atom is -0.250 e. The van der Waals surface area contributed by atoms with Gasteiger partial charge in [-0.05, 0) is 25.2 Å². The Morgan fingerprint density at radius 1 is 1.50 bits per heavy atom. The van der Waals surface area contributed by atoms with E-state index in [4.69, 9.17) is 11.6 Å². The van der Waals surface area contributed by atoms with Gasteiger partial charge in [-0.15, -0.1) is 22.9 Å². The summed E-state index contributed by atoms with van der Waals surface area (Å²) >= 11 is 8.12. The van der Waals surface area contributed by atoms with Gasteiger partial charge in [0.2, 0.25) is 0 Å². The smallest absolute Gasteiger partial charge is 0.0925 e. The zero-order chi connectivity index (χ0) is 9.80. The highest BCUT2D eigenvalue weighted by molar-refractivity contribution is 7.09. The molecular weight excluding hydrogens is 214 g/mol. The summed E-state index contributed by atoms with van der Waals surface area (Å²) in [4.78, 5) is 4.27. The molecule has 1 nitrogen and oxygen atoms in total. The molecule has 1 saturated carbocycles. The molecule has 0 aromatic carbocycles. The highest BCUT2D eigenvalue weighted by Crippen LogP contribution is 2.32. The van der Waals surface area contributed by atoms with Gasteiger partial charge in [-0.1, -0.05) is 12.8 Å². The zero-order valence-corrected chi connectivity index (χ0v) is 9.86. The Morgan fingerprint density at radius 3 is 2.93 bits per heavy atom. The summed E-state index contributed by atoms with van der Waals surface area (Å²) in [7, 11) is 0. The van der Waals surface area contributed by atoms with Crippen LogP contribution in [0.2, 0.25) is 0 Å². The van der Waals surface area contributed by atoms with Gasteiger partial charge in [-0.25, -0.2) is 4.98 Å². The molecule has 0 bridgehead atoms. The number of aromatic nitrogens is 1. The van der Waals surface area contributed by atoms with Crippen molar-refractivity contribution in [2.24, 2.45) is 5.92 Å². The summed E-state index contributed by atoms with van der Waals surface area (Å²) in [5, 5.41) is 3.64. The molecule has 1 aliphatic carbocycles. The predicted octanol–water partition coefficient (Wildman–Crippen LogP) is 3.87. The standard InChI is InChI=1S/C11H16ClNS/c12-10(9-3-1-2-4-9)5-6-11-13-7-8-14-11/h7-10H,1-6H2. The molecule has 1 aromatic heterocycles. The first-order chi connectivity index (χ1) is 6.86. The van der Waals surface area contributed by atoms with Gasteiger partial charge in [0.1, 0.15) is 0 Å². The number of nitrogens with zero attached hydrogens (tertiary/aromatic N) is 1. The van der Waals surface area contributed by atoms with E-state index >= 15 is 0 Å². The van der Waals surface area contributed by atoms with Crippen molar-refractivity contribution in [2.75, 3.05) is 0 Å². The van der Waals surface area contributed by atoms with Crippen molar-refractivity contribution >= 4 is 22.9 Å². The van der Waals surface area contributed by atoms with Gasteiger partial charge in [0.25, 0.3) is 0 Å². The van der Waals surface area contributed by atoms with Crippen LogP contribution in [-0.2, 0) is 6.42 Å². The van der Waals surface area contributed by atoms with Crippen LogP contribution in [0.1, 0.15) is 37.1 Å². The molecule has 0 spiro atoms. The number of alkyl halides is 1. The fourth-order valence-electron chi connectivity index (χ4n) is 2.19. The number of thiazole rings is 1. The third-order valence-electron chi connectivity index (χ3n) is 3.03. The van der Waals surface area contributed by atoms with E-state index in [0.29, 0.717) is 5.38 Å². The lowest BCUT2D eigenvalue weighted by Crippen LogP contribution is -2.12. The topological polar surface area (TPSA) is 12.9 Å². The fourth-order valence-corrected chi connectivity index (χ4v) is 3.19. The summed E-state index contributed by atoms with van der Waals surface area (Å²) in [6.45, 7) is 0. The normalized spacial score (nSPS) is 20.1. The minimum absolute atomic E-state index is 0.376. The molecule has 1 fully saturated rings. The number of rotatable bonds is 4. The molecule has 2 rings (SSSR count). The average Bonchev–Trinajstić information content (AvgIpc) is 2.87. The zero-order valence-electron chi connectivity index (χ0n) is 8.29. The van der Waals surface area contributed by atoms with Gasteiger partial charge in [0, 0.05) is 23.4 Å². The van der Waals surface area contributed by atoms with Crippen LogP contribution in [0.5, 0.6) is 0 Å². The molecule has 0 radical (unpaired) electrons. The lowest BCUT2D eigenvalue weighted by Gasteiger charge is -2.15. The number of aryl methyl sites for hydroxylation is 1. The van der Waals surface area contributed by atoms with E-state index in [1.807, 2.05) is 11.6 Å². The molecule has 1 unspecified atom stereocenters. The second-order valence-corrected chi connectivity index (χ2v) is 5.56. The molecule has 1 aromatic rings. The first kappa shape index (κ1) is 10.4. The van der Waals surface area contributed by atoms with E-state index in [1.165, 1.54) is 30.7 Å². The molecule has 0 saturated heterocycles. The Kier molecular flexibility index (Phi) is 3.82. The Balaban J connectivity index is 1.74. The van der Waals surface area contributed by atoms with E-state index in [-0.39, 0.29) is 0 Å². The average molecular weight is 230 g/mol. The van der Waals surface area contributed by atoms with Crippen molar-refractivity contribution in [3.63, 3.8) is 0 Å². The Morgan fingerprint density at radius 2 is 2.29 bits per heavy atom. The van der Waals surface area contributed by atoms with Crippen LogP contribution in [0.4, 0.5) is 0 Å². The van der Waals surface area contributed by atoms with Gasteiger partial charge in [-0.3, -0.25) is 0 Å². The van der Waals surface area contributed by atoms with E-state index < -0.39 is 0 Å². The molecule has 1 aliphatic rings. The third kappa shape index (κ3) is 2.71. The van der Waals surface area contributed by atoms with Crippen molar-refractivity contribution in [3.05, 3.63) is 16.6 Å². The van der Waals surface area contributed by atoms with Gasteiger partial charge in [0.05, 0.1) is 5.01 Å². The summed E-state index contributed by atoms with van der Waals surface area (Å²) in [5.41, 5.74) is 0. The van der Waals surface area contributed by atoms with E-state index in [2.05, 4.69) is 4.98 Å². The summed E-state index contributed by atoms with van der Waals surface area (Å²) in [5.74, 6) is 0.775. The monoisotopic (exact) mass is 229 g/mol. The van der Waals surface area contributed by atoms with Crippen LogP contribution in [0.25, 0.3) is 0 Å². The van der Waals surface area contributed by atoms with Crippen LogP contribution in [-0.4, -0.2) is 10.4 Å². The number of hydrogen-bond acceptors (Lipinski definition) is 2. The largest absolute Gasteiger partial charge is 0.250 e. The second-order valence-electron chi connectivity index (χ2n) is 4.03. The molecule has 0 aliphatic heterocycles. The highest BCUT2D eigenvalue weighted by atomic mass is 35.5. The maximum absolute atomic E-state index is 6.38. The molecule has 1 heterocycles. The minimum atomic E-state index is 0.376. The van der Waals surface area contributed by atoms with Gasteiger partial charge < -0.3 is 0 Å². The summed E-state index contributed by atoms with van der Waals surface area (Å²) < 4.78 is 0. The Hall–Kier alpha value is -0.0800. The Labute approximate surface area is 94.5 Å². The Bertz CT molecular complexity index is 254. The lowest BCUT2D eigenvalue weighted by atomic mass is 10.0. The van der Waals surface area contributed by atoms with Crippen molar-refractivity contribution < 1.29 is 0 Å². The summed E-state index contributed by atoms with van der Waals surface area (Å²) in [6.07, 6.45) is 9.47. The summed E-state index contributed by atoms with van der Waals surface area (Å²) in [6, 6.07) is 0. The molecule has 14 heavy (non-hydrogen) atoms. The van der Waals surface area contributed by atoms with E-state index in [0.717, 1.165) is 18.8 Å².